The zero-order valence-corrected chi connectivity index (χ0v) is 13.7. The number of halogens is 1. The van der Waals surface area contributed by atoms with E-state index in [-0.39, 0.29) is 5.54 Å². The number of pyridine rings is 1. The molecule has 1 N–H and O–H groups in total. The number of rotatable bonds is 4. The summed E-state index contributed by atoms with van der Waals surface area (Å²) in [5.74, 6) is 1.34. The van der Waals surface area contributed by atoms with Crippen LogP contribution in [-0.2, 0) is 0 Å². The first-order valence-electron chi connectivity index (χ1n) is 7.44. The topological polar surface area (TPSA) is 52.0 Å². The number of hydrogen-bond donors (Lipinski definition) is 1. The first-order chi connectivity index (χ1) is 9.98. The summed E-state index contributed by atoms with van der Waals surface area (Å²) in [5.41, 5.74) is 0.593. The van der Waals surface area contributed by atoms with Gasteiger partial charge in [-0.3, -0.25) is 0 Å². The molecule has 21 heavy (non-hydrogen) atoms. The smallest absolute Gasteiger partial charge is 0.146 e. The van der Waals surface area contributed by atoms with Crippen molar-refractivity contribution in [1.82, 2.24) is 9.88 Å². The Morgan fingerprint density at radius 2 is 2.33 bits per heavy atom. The maximum atomic E-state index is 9.04. The van der Waals surface area contributed by atoms with Gasteiger partial charge in [-0.25, -0.2) is 4.98 Å². The van der Waals surface area contributed by atoms with Crippen LogP contribution in [0.15, 0.2) is 12.3 Å². The van der Waals surface area contributed by atoms with E-state index in [2.05, 4.69) is 42.3 Å². The van der Waals surface area contributed by atoms with Gasteiger partial charge in [-0.1, -0.05) is 31.4 Å². The molecule has 1 aliphatic carbocycles. The standard InChI is InChI=1S/C16H23ClN4/c1-12-5-4-7-16(9-12,21(2)3)11-20-15-14(17)13(10-18)6-8-19-15/h6,8,12H,4-5,7,9,11H2,1-3H3,(H,19,20). The molecule has 1 heterocycles. The lowest BCUT2D eigenvalue weighted by Gasteiger charge is -2.45. The highest BCUT2D eigenvalue weighted by Gasteiger charge is 2.36. The highest BCUT2D eigenvalue weighted by Crippen LogP contribution is 2.36. The van der Waals surface area contributed by atoms with E-state index in [1.807, 2.05) is 0 Å². The van der Waals surface area contributed by atoms with Gasteiger partial charge >= 0.3 is 0 Å². The van der Waals surface area contributed by atoms with Gasteiger partial charge in [-0.15, -0.1) is 0 Å². The van der Waals surface area contributed by atoms with Crippen molar-refractivity contribution in [3.8, 4) is 6.07 Å². The van der Waals surface area contributed by atoms with Crippen molar-refractivity contribution in [2.24, 2.45) is 5.92 Å². The van der Waals surface area contributed by atoms with Gasteiger partial charge in [0.15, 0.2) is 0 Å². The molecule has 0 aliphatic heterocycles. The summed E-state index contributed by atoms with van der Waals surface area (Å²) < 4.78 is 0. The second-order valence-electron chi connectivity index (χ2n) is 6.31. The van der Waals surface area contributed by atoms with Crippen LogP contribution in [0.2, 0.25) is 5.02 Å². The second kappa shape index (κ2) is 6.64. The molecule has 0 radical (unpaired) electrons. The van der Waals surface area contributed by atoms with Crippen molar-refractivity contribution in [3.63, 3.8) is 0 Å². The van der Waals surface area contributed by atoms with Gasteiger partial charge in [0, 0.05) is 18.3 Å². The minimum absolute atomic E-state index is 0.130. The number of hydrogen-bond acceptors (Lipinski definition) is 4. The number of anilines is 1. The molecule has 2 unspecified atom stereocenters. The average molecular weight is 307 g/mol. The molecule has 0 spiro atoms. The largest absolute Gasteiger partial charge is 0.367 e. The first-order valence-corrected chi connectivity index (χ1v) is 7.82. The van der Waals surface area contributed by atoms with Gasteiger partial charge in [0.2, 0.25) is 0 Å². The molecule has 0 amide bonds. The molecule has 2 rings (SSSR count). The number of aromatic nitrogens is 1. The molecule has 1 aromatic heterocycles. The van der Waals surface area contributed by atoms with Gasteiger partial charge in [-0.05, 0) is 38.9 Å². The van der Waals surface area contributed by atoms with E-state index in [1.54, 1.807) is 12.3 Å². The highest BCUT2D eigenvalue weighted by molar-refractivity contribution is 6.34. The molecule has 4 nitrogen and oxygen atoms in total. The average Bonchev–Trinajstić information content (AvgIpc) is 2.46. The van der Waals surface area contributed by atoms with Crippen LogP contribution >= 0.6 is 11.6 Å². The summed E-state index contributed by atoms with van der Waals surface area (Å²) >= 11 is 6.22. The quantitative estimate of drug-likeness (QED) is 0.924. The summed E-state index contributed by atoms with van der Waals surface area (Å²) in [5, 5.41) is 12.8. The lowest BCUT2D eigenvalue weighted by Crippen LogP contribution is -2.52. The van der Waals surface area contributed by atoms with E-state index in [9.17, 15) is 0 Å². The van der Waals surface area contributed by atoms with Crippen LogP contribution in [0.25, 0.3) is 0 Å². The van der Waals surface area contributed by atoms with Crippen molar-refractivity contribution in [1.29, 1.82) is 5.26 Å². The molecule has 1 saturated carbocycles. The Morgan fingerprint density at radius 3 is 2.95 bits per heavy atom. The minimum Gasteiger partial charge on any atom is -0.367 e. The molecular weight excluding hydrogens is 284 g/mol. The third-order valence-corrected chi connectivity index (χ3v) is 4.99. The SMILES string of the molecule is CC1CCCC(CNc2nccc(C#N)c2Cl)(N(C)C)C1. The zero-order valence-electron chi connectivity index (χ0n) is 13.0. The third-order valence-electron chi connectivity index (χ3n) is 4.61. The molecule has 1 aromatic rings. The Hall–Kier alpha value is -1.31. The van der Waals surface area contributed by atoms with Crippen LogP contribution in [0.4, 0.5) is 5.82 Å². The molecule has 0 saturated heterocycles. The van der Waals surface area contributed by atoms with Crippen LogP contribution in [0.1, 0.15) is 38.2 Å². The summed E-state index contributed by atoms with van der Waals surface area (Å²) in [6.07, 6.45) is 6.52. The number of nitriles is 1. The van der Waals surface area contributed by atoms with Crippen molar-refractivity contribution < 1.29 is 0 Å². The van der Waals surface area contributed by atoms with Gasteiger partial charge in [0.05, 0.1) is 5.56 Å². The van der Waals surface area contributed by atoms with E-state index >= 15 is 0 Å². The minimum atomic E-state index is 0.130. The van der Waals surface area contributed by atoms with E-state index in [1.165, 1.54) is 25.7 Å². The van der Waals surface area contributed by atoms with Crippen molar-refractivity contribution >= 4 is 17.4 Å². The van der Waals surface area contributed by atoms with E-state index in [4.69, 9.17) is 16.9 Å². The number of nitrogens with one attached hydrogen (secondary N) is 1. The van der Waals surface area contributed by atoms with Gasteiger partial charge in [0.1, 0.15) is 16.9 Å². The predicted octanol–water partition coefficient (Wildman–Crippen LogP) is 3.53. The monoisotopic (exact) mass is 306 g/mol. The summed E-state index contributed by atoms with van der Waals surface area (Å²) in [4.78, 5) is 6.59. The second-order valence-corrected chi connectivity index (χ2v) is 6.68. The van der Waals surface area contributed by atoms with Crippen molar-refractivity contribution in [2.45, 2.75) is 38.1 Å². The Bertz CT molecular complexity index is 538. The highest BCUT2D eigenvalue weighted by atomic mass is 35.5. The molecule has 1 fully saturated rings. The Labute approximate surface area is 132 Å². The van der Waals surface area contributed by atoms with E-state index < -0.39 is 0 Å². The van der Waals surface area contributed by atoms with Gasteiger partial charge < -0.3 is 10.2 Å². The lowest BCUT2D eigenvalue weighted by molar-refractivity contribution is 0.0882. The van der Waals surface area contributed by atoms with Crippen LogP contribution in [0.5, 0.6) is 0 Å². The molecule has 0 aromatic carbocycles. The molecule has 1 aliphatic rings. The molecule has 0 bridgehead atoms. The van der Waals surface area contributed by atoms with E-state index in [0.717, 1.165) is 12.5 Å². The predicted molar refractivity (Wildman–Crippen MR) is 86.5 cm³/mol. The fourth-order valence-corrected chi connectivity index (χ4v) is 3.48. The van der Waals surface area contributed by atoms with Gasteiger partial charge in [0.25, 0.3) is 0 Å². The Kier molecular flexibility index (Phi) is 5.08. The lowest BCUT2D eigenvalue weighted by atomic mass is 9.75. The fourth-order valence-electron chi connectivity index (χ4n) is 3.26. The number of likely N-dealkylation sites (N-methyl/N-ethyl adjacent to an activating group) is 1. The molecule has 114 valence electrons. The molecule has 2 atom stereocenters. The van der Waals surface area contributed by atoms with Crippen LogP contribution in [-0.4, -0.2) is 36.1 Å². The van der Waals surface area contributed by atoms with Crippen LogP contribution < -0.4 is 5.32 Å². The summed E-state index contributed by atoms with van der Waals surface area (Å²) in [7, 11) is 4.28. The zero-order chi connectivity index (χ0) is 15.5. The third kappa shape index (κ3) is 3.48. The van der Waals surface area contributed by atoms with Crippen LogP contribution in [0.3, 0.4) is 0 Å². The van der Waals surface area contributed by atoms with Crippen molar-refractivity contribution in [2.75, 3.05) is 26.0 Å². The Morgan fingerprint density at radius 1 is 1.57 bits per heavy atom. The van der Waals surface area contributed by atoms with Crippen LogP contribution in [0, 0.1) is 17.2 Å². The molecule has 5 heteroatoms. The number of nitrogens with zero attached hydrogens (tertiary/aromatic N) is 3. The summed E-state index contributed by atoms with van der Waals surface area (Å²) in [6, 6.07) is 3.73. The Balaban J connectivity index is 2.15. The summed E-state index contributed by atoms with van der Waals surface area (Å²) in [6.45, 7) is 3.12. The fraction of sp³-hybridized carbons (Fsp3) is 0.625. The molecular formula is C16H23ClN4. The maximum Gasteiger partial charge on any atom is 0.146 e. The maximum absolute atomic E-state index is 9.04. The van der Waals surface area contributed by atoms with E-state index in [0.29, 0.717) is 16.4 Å². The van der Waals surface area contributed by atoms with Gasteiger partial charge in [-0.2, -0.15) is 5.26 Å². The first kappa shape index (κ1) is 16.1. The van der Waals surface area contributed by atoms with Crippen molar-refractivity contribution in [3.05, 3.63) is 22.8 Å². The normalized spacial score (nSPS) is 25.6.